The summed E-state index contributed by atoms with van der Waals surface area (Å²) < 4.78 is 0. The van der Waals surface area contributed by atoms with E-state index in [-0.39, 0.29) is 0 Å². The average molecular weight is 365 g/mol. The highest BCUT2D eigenvalue weighted by molar-refractivity contribution is 6.96. The van der Waals surface area contributed by atoms with Gasteiger partial charge in [-0.3, -0.25) is 0 Å². The van der Waals surface area contributed by atoms with Crippen LogP contribution in [0, 0.1) is 27.7 Å². The molecule has 0 N–H and O–H groups in total. The smallest absolute Gasteiger partial charge is 0.122 e. The summed E-state index contributed by atoms with van der Waals surface area (Å²) in [7, 11) is -1.58. The zero-order chi connectivity index (χ0) is 18.0. The molecule has 0 heterocycles. The van der Waals surface area contributed by atoms with Crippen LogP contribution in [0.15, 0.2) is 60.7 Å². The van der Waals surface area contributed by atoms with E-state index < -0.39 is 8.80 Å². The summed E-state index contributed by atoms with van der Waals surface area (Å²) in [5.41, 5.74) is 6.72. The molecule has 3 aromatic rings. The minimum Gasteiger partial charge on any atom is -0.122 e. The molecule has 1 atom stereocenters. The third-order valence-corrected chi connectivity index (χ3v) is 8.88. The fourth-order valence-electron chi connectivity index (χ4n) is 3.90. The maximum Gasteiger partial charge on any atom is 0.134 e. The van der Waals surface area contributed by atoms with Gasteiger partial charge in [-0.15, -0.1) is 11.6 Å². The van der Waals surface area contributed by atoms with Crippen molar-refractivity contribution in [2.75, 3.05) is 0 Å². The third kappa shape index (κ3) is 3.73. The predicted molar refractivity (Wildman–Crippen MR) is 114 cm³/mol. The first-order valence-corrected chi connectivity index (χ1v) is 11.1. The Morgan fingerprint density at radius 1 is 0.760 bits per heavy atom. The Morgan fingerprint density at radius 3 is 1.96 bits per heavy atom. The van der Waals surface area contributed by atoms with Gasteiger partial charge >= 0.3 is 0 Å². The summed E-state index contributed by atoms with van der Waals surface area (Å²) in [4.78, 5) is 0. The number of aryl methyl sites for hydroxylation is 4. The molecular formula is C23H25ClSi. The van der Waals surface area contributed by atoms with Gasteiger partial charge in [-0.2, -0.15) is 0 Å². The van der Waals surface area contributed by atoms with Crippen LogP contribution < -0.4 is 15.6 Å². The quantitative estimate of drug-likeness (QED) is 0.374. The fraction of sp³-hybridized carbons (Fsp3) is 0.217. The highest BCUT2D eigenvalue weighted by atomic mass is 35.5. The van der Waals surface area contributed by atoms with E-state index >= 15 is 0 Å². The van der Waals surface area contributed by atoms with Crippen LogP contribution in [0.2, 0.25) is 0 Å². The molecule has 0 aromatic heterocycles. The highest BCUT2D eigenvalue weighted by Crippen LogP contribution is 2.10. The third-order valence-electron chi connectivity index (χ3n) is 4.92. The second-order valence-electron chi connectivity index (χ2n) is 6.99. The van der Waals surface area contributed by atoms with Crippen LogP contribution in [-0.4, -0.2) is 8.80 Å². The first-order valence-electron chi connectivity index (χ1n) is 8.79. The Hall–Kier alpha value is -1.83. The van der Waals surface area contributed by atoms with E-state index in [0.717, 1.165) is 0 Å². The molecule has 1 unspecified atom stereocenters. The molecule has 0 radical (unpaired) electrons. The summed E-state index contributed by atoms with van der Waals surface area (Å²) in [6, 6.07) is 22.4. The van der Waals surface area contributed by atoms with Crippen molar-refractivity contribution in [3.63, 3.8) is 0 Å². The summed E-state index contributed by atoms with van der Waals surface area (Å²) >= 11 is 6.32. The van der Waals surface area contributed by atoms with Gasteiger partial charge in [0.2, 0.25) is 0 Å². The van der Waals surface area contributed by atoms with Crippen molar-refractivity contribution in [3.05, 3.63) is 88.5 Å². The monoisotopic (exact) mass is 364 g/mol. The van der Waals surface area contributed by atoms with Crippen molar-refractivity contribution in [1.29, 1.82) is 0 Å². The number of halogens is 1. The van der Waals surface area contributed by atoms with Crippen LogP contribution in [0.4, 0.5) is 0 Å². The van der Waals surface area contributed by atoms with Crippen molar-refractivity contribution >= 4 is 36.0 Å². The van der Waals surface area contributed by atoms with Crippen LogP contribution in [0.25, 0.3) is 0 Å². The average Bonchev–Trinajstić information content (AvgIpc) is 2.57. The lowest BCUT2D eigenvalue weighted by molar-refractivity contribution is 1.39. The van der Waals surface area contributed by atoms with Crippen molar-refractivity contribution < 1.29 is 0 Å². The largest absolute Gasteiger partial charge is 0.134 e. The van der Waals surface area contributed by atoms with Crippen LogP contribution in [0.1, 0.15) is 27.8 Å². The Kier molecular flexibility index (Phi) is 5.46. The molecule has 0 fully saturated rings. The maximum atomic E-state index is 6.32. The predicted octanol–water partition coefficient (Wildman–Crippen LogP) is 3.91. The summed E-state index contributed by atoms with van der Waals surface area (Å²) in [5.74, 6) is 0.565. The molecular weight excluding hydrogens is 340 g/mol. The van der Waals surface area contributed by atoms with Gasteiger partial charge in [0.1, 0.15) is 8.80 Å². The lowest BCUT2D eigenvalue weighted by Crippen LogP contribution is -2.55. The van der Waals surface area contributed by atoms with Gasteiger partial charge in [0.15, 0.2) is 0 Å². The summed E-state index contributed by atoms with van der Waals surface area (Å²) in [6.45, 7) is 8.88. The van der Waals surface area contributed by atoms with E-state index in [1.807, 2.05) is 0 Å². The topological polar surface area (TPSA) is 0 Å². The van der Waals surface area contributed by atoms with Crippen LogP contribution >= 0.6 is 11.6 Å². The van der Waals surface area contributed by atoms with E-state index in [4.69, 9.17) is 11.6 Å². The standard InChI is InChI=1S/C23H25ClSi/c1-16-12-17(2)14-21(13-16)25(22-11-6-5-10-20(22)15-24)23-18(3)8-7-9-19(23)4/h5-14,25H,15H2,1-4H3. The molecule has 0 spiro atoms. The number of benzene rings is 3. The molecule has 0 saturated heterocycles. The molecule has 0 aliphatic carbocycles. The Labute approximate surface area is 158 Å². The van der Waals surface area contributed by atoms with Crippen molar-refractivity contribution in [2.45, 2.75) is 33.6 Å². The van der Waals surface area contributed by atoms with Crippen molar-refractivity contribution in [3.8, 4) is 0 Å². The van der Waals surface area contributed by atoms with Crippen LogP contribution in [0.5, 0.6) is 0 Å². The van der Waals surface area contributed by atoms with Gasteiger partial charge in [-0.05, 0) is 43.6 Å². The van der Waals surface area contributed by atoms with E-state index in [0.29, 0.717) is 5.88 Å². The minimum atomic E-state index is -1.58. The normalized spacial score (nSPS) is 12.2. The Morgan fingerprint density at radius 2 is 1.36 bits per heavy atom. The molecule has 3 aromatic carbocycles. The molecule has 2 heteroatoms. The number of hydrogen-bond acceptors (Lipinski definition) is 0. The SMILES string of the molecule is Cc1cc(C)cc([SiH](c2ccccc2CCl)c2c(C)cccc2C)c1. The molecule has 0 aliphatic rings. The molecule has 0 saturated carbocycles. The summed E-state index contributed by atoms with van der Waals surface area (Å²) in [6.07, 6.45) is 0. The number of hydrogen-bond donors (Lipinski definition) is 0. The van der Waals surface area contributed by atoms with Gasteiger partial charge in [-0.1, -0.05) is 88.1 Å². The molecule has 0 bridgehead atoms. The first kappa shape index (κ1) is 18.0. The van der Waals surface area contributed by atoms with Gasteiger partial charge in [-0.25, -0.2) is 0 Å². The zero-order valence-electron chi connectivity index (χ0n) is 15.4. The highest BCUT2D eigenvalue weighted by Gasteiger charge is 2.24. The molecule has 0 amide bonds. The van der Waals surface area contributed by atoms with E-state index in [9.17, 15) is 0 Å². The van der Waals surface area contributed by atoms with Gasteiger partial charge in [0.25, 0.3) is 0 Å². The van der Waals surface area contributed by atoms with E-state index in [1.54, 1.807) is 0 Å². The van der Waals surface area contributed by atoms with E-state index in [1.165, 1.54) is 43.4 Å². The zero-order valence-corrected chi connectivity index (χ0v) is 17.3. The number of rotatable bonds is 4. The van der Waals surface area contributed by atoms with Crippen molar-refractivity contribution in [2.24, 2.45) is 0 Å². The second-order valence-corrected chi connectivity index (χ2v) is 9.99. The Bertz CT molecular complexity index is 858. The molecule has 128 valence electrons. The van der Waals surface area contributed by atoms with Crippen molar-refractivity contribution in [1.82, 2.24) is 0 Å². The molecule has 0 nitrogen and oxygen atoms in total. The maximum absolute atomic E-state index is 6.32. The second kappa shape index (κ2) is 7.59. The first-order chi connectivity index (χ1) is 12.0. The van der Waals surface area contributed by atoms with Crippen LogP contribution in [0.3, 0.4) is 0 Å². The lowest BCUT2D eigenvalue weighted by Gasteiger charge is -2.24. The van der Waals surface area contributed by atoms with Crippen LogP contribution in [-0.2, 0) is 5.88 Å². The molecule has 25 heavy (non-hydrogen) atoms. The number of alkyl halides is 1. The fourth-order valence-corrected chi connectivity index (χ4v) is 8.11. The summed E-state index contributed by atoms with van der Waals surface area (Å²) in [5, 5.41) is 4.46. The van der Waals surface area contributed by atoms with Gasteiger partial charge in [0, 0.05) is 5.88 Å². The van der Waals surface area contributed by atoms with Gasteiger partial charge in [0.05, 0.1) is 0 Å². The minimum absolute atomic E-state index is 0.565. The molecule has 3 rings (SSSR count). The van der Waals surface area contributed by atoms with E-state index in [2.05, 4.69) is 88.4 Å². The Balaban J connectivity index is 2.32. The lowest BCUT2D eigenvalue weighted by atomic mass is 10.1. The van der Waals surface area contributed by atoms with Gasteiger partial charge < -0.3 is 0 Å². The molecule has 0 aliphatic heterocycles.